The Kier molecular flexibility index (Phi) is 10.00. The van der Waals surface area contributed by atoms with E-state index in [1.165, 1.54) is 17.0 Å². The normalized spacial score (nSPS) is 15.3. The second-order valence-corrected chi connectivity index (χ2v) is 10.3. The van der Waals surface area contributed by atoms with Crippen LogP contribution >= 0.6 is 23.4 Å². The van der Waals surface area contributed by atoms with Crippen molar-refractivity contribution in [1.82, 2.24) is 9.80 Å². The van der Waals surface area contributed by atoms with Crippen LogP contribution in [0.25, 0.3) is 6.08 Å². The molecule has 2 aromatic carbocycles. The molecule has 2 amide bonds. The smallest absolute Gasteiger partial charge is 0.395 e. The van der Waals surface area contributed by atoms with Crippen molar-refractivity contribution in [2.45, 2.75) is 32.6 Å². The van der Waals surface area contributed by atoms with Gasteiger partial charge in [-0.05, 0) is 67.1 Å². The maximum absolute atomic E-state index is 13.4. The molecule has 0 unspecified atom stereocenters. The zero-order valence-corrected chi connectivity index (χ0v) is 22.4. The number of hydrogen-bond acceptors (Lipinski definition) is 7. The van der Waals surface area contributed by atoms with E-state index in [9.17, 15) is 27.9 Å². The lowest BCUT2D eigenvalue weighted by atomic mass is 10.1. The monoisotopic (exact) mass is 568 g/mol. The van der Waals surface area contributed by atoms with Crippen LogP contribution in [-0.4, -0.2) is 64.6 Å². The molecule has 2 aromatic rings. The molecule has 12 heteroatoms. The second-order valence-electron chi connectivity index (χ2n) is 8.83. The van der Waals surface area contributed by atoms with Crippen LogP contribution in [-0.2, 0) is 17.5 Å². The van der Waals surface area contributed by atoms with Gasteiger partial charge in [-0.2, -0.15) is 13.2 Å². The number of hydrogen-bond donors (Lipinski definition) is 3. The van der Waals surface area contributed by atoms with E-state index >= 15 is 0 Å². The van der Waals surface area contributed by atoms with Crippen molar-refractivity contribution in [3.8, 4) is 0 Å². The van der Waals surface area contributed by atoms with Crippen molar-refractivity contribution in [3.63, 3.8) is 0 Å². The summed E-state index contributed by atoms with van der Waals surface area (Å²) >= 11 is 6.56. The molecule has 0 saturated carbocycles. The highest BCUT2D eigenvalue weighted by molar-refractivity contribution is 8.18. The van der Waals surface area contributed by atoms with E-state index in [1.807, 2.05) is 18.7 Å². The Morgan fingerprint density at radius 1 is 1.18 bits per heavy atom. The number of aliphatic hydroxyl groups is 1. The van der Waals surface area contributed by atoms with Gasteiger partial charge in [-0.15, -0.1) is 0 Å². The number of halogens is 4. The number of thioether (sulfide) groups is 1. The van der Waals surface area contributed by atoms with Crippen LogP contribution in [0.5, 0.6) is 0 Å². The summed E-state index contributed by atoms with van der Waals surface area (Å²) in [6.07, 6.45) is -1.96. The van der Waals surface area contributed by atoms with Crippen LogP contribution in [0.2, 0.25) is 5.02 Å². The number of amides is 2. The summed E-state index contributed by atoms with van der Waals surface area (Å²) in [6.45, 7) is 4.83. The quantitative estimate of drug-likeness (QED) is 0.237. The highest BCUT2D eigenvalue weighted by atomic mass is 35.5. The second kappa shape index (κ2) is 12.8. The lowest BCUT2D eigenvalue weighted by Crippen LogP contribution is -2.41. The zero-order valence-electron chi connectivity index (χ0n) is 20.8. The molecule has 1 fully saturated rings. The summed E-state index contributed by atoms with van der Waals surface area (Å²) in [5, 5.41) is 19.5. The lowest BCUT2D eigenvalue weighted by molar-refractivity contribution is -0.138. The molecule has 1 saturated heterocycles. The molecule has 0 aromatic heterocycles. The molecule has 0 radical (unpaired) electrons. The molecule has 3 N–H and O–H groups in total. The molecule has 3 rings (SSSR count). The minimum Gasteiger partial charge on any atom is -0.395 e. The van der Waals surface area contributed by atoms with E-state index in [-0.39, 0.29) is 46.5 Å². The van der Waals surface area contributed by atoms with E-state index in [1.54, 1.807) is 24.3 Å². The van der Waals surface area contributed by atoms with Crippen LogP contribution < -0.4 is 5.32 Å². The number of rotatable bonds is 11. The van der Waals surface area contributed by atoms with E-state index in [0.29, 0.717) is 29.9 Å². The first-order valence-electron chi connectivity index (χ1n) is 11.8. The Morgan fingerprint density at radius 2 is 1.92 bits per heavy atom. The van der Waals surface area contributed by atoms with Gasteiger partial charge < -0.3 is 15.8 Å². The Balaban J connectivity index is 1.74. The number of nitrogens with zero attached hydrogens (tertiary/aromatic N) is 2. The van der Waals surface area contributed by atoms with Gasteiger partial charge in [0.25, 0.3) is 11.1 Å². The lowest BCUT2D eigenvalue weighted by Gasteiger charge is -2.27. The molecule has 1 aliphatic heterocycles. The SMILES string of the molecule is CC(C)N(CCO)CCN1C(=O)SC(=Cc2ccc(NCc3ccc(Cl)cc3C(F)(F)F)c(C=N)c2)C1=O. The number of carbonyl (C=O) groups excluding carboxylic acids is 2. The third kappa shape index (κ3) is 7.37. The van der Waals surface area contributed by atoms with Gasteiger partial charge in [-0.3, -0.25) is 19.4 Å². The van der Waals surface area contributed by atoms with Crippen LogP contribution in [0.1, 0.15) is 36.1 Å². The van der Waals surface area contributed by atoms with Crippen molar-refractivity contribution >= 4 is 52.5 Å². The fourth-order valence-electron chi connectivity index (χ4n) is 3.94. The molecule has 1 aliphatic rings. The van der Waals surface area contributed by atoms with Crippen molar-refractivity contribution in [2.75, 3.05) is 31.6 Å². The number of imide groups is 1. The summed E-state index contributed by atoms with van der Waals surface area (Å²) in [5.74, 6) is -0.422. The molecule has 204 valence electrons. The maximum atomic E-state index is 13.4. The highest BCUT2D eigenvalue weighted by Gasteiger charge is 2.35. The number of aliphatic hydroxyl groups excluding tert-OH is 1. The summed E-state index contributed by atoms with van der Waals surface area (Å²) < 4.78 is 40.2. The third-order valence-electron chi connectivity index (χ3n) is 5.98. The molecule has 0 bridgehead atoms. The van der Waals surface area contributed by atoms with Crippen LogP contribution in [0.3, 0.4) is 0 Å². The predicted molar refractivity (Wildman–Crippen MR) is 145 cm³/mol. The summed E-state index contributed by atoms with van der Waals surface area (Å²) in [4.78, 5) is 28.7. The highest BCUT2D eigenvalue weighted by Crippen LogP contribution is 2.35. The molecule has 0 aliphatic carbocycles. The van der Waals surface area contributed by atoms with E-state index in [2.05, 4.69) is 5.32 Å². The summed E-state index contributed by atoms with van der Waals surface area (Å²) in [6, 6.07) is 8.57. The van der Waals surface area contributed by atoms with E-state index in [4.69, 9.17) is 17.0 Å². The standard InChI is InChI=1S/C26H28ClF3N4O3S/c1-16(2)33(9-10-35)7-8-34-24(36)23(38-25(34)37)12-17-3-6-22(19(11-17)14-31)32-15-18-4-5-20(27)13-21(18)26(28,29)30/h3-6,11-14,16,31-32,35H,7-10,15H2,1-2H3. The molecular formula is C26H28ClF3N4O3S. The molecule has 1 heterocycles. The van der Waals surface area contributed by atoms with Gasteiger partial charge in [0.15, 0.2) is 0 Å². The van der Waals surface area contributed by atoms with Crippen LogP contribution in [0.4, 0.5) is 23.7 Å². The summed E-state index contributed by atoms with van der Waals surface area (Å²) in [7, 11) is 0. The first-order chi connectivity index (χ1) is 17.9. The van der Waals surface area contributed by atoms with E-state index < -0.39 is 17.6 Å². The fourth-order valence-corrected chi connectivity index (χ4v) is 4.97. The zero-order chi connectivity index (χ0) is 28.0. The van der Waals surface area contributed by atoms with Gasteiger partial charge in [-0.1, -0.05) is 23.7 Å². The number of anilines is 1. The Bertz CT molecular complexity index is 1240. The number of carbonyl (C=O) groups is 2. The van der Waals surface area contributed by atoms with Crippen molar-refractivity contribution in [1.29, 1.82) is 5.41 Å². The number of nitrogens with one attached hydrogen (secondary N) is 2. The Hall–Kier alpha value is -2.86. The fraction of sp³-hybridized carbons (Fsp3) is 0.346. The van der Waals surface area contributed by atoms with Gasteiger partial charge >= 0.3 is 6.18 Å². The van der Waals surface area contributed by atoms with Gasteiger partial charge in [0.05, 0.1) is 17.1 Å². The van der Waals surface area contributed by atoms with Crippen molar-refractivity contribution < 1.29 is 27.9 Å². The minimum atomic E-state index is -4.56. The number of alkyl halides is 3. The third-order valence-corrected chi connectivity index (χ3v) is 7.12. The Morgan fingerprint density at radius 3 is 2.55 bits per heavy atom. The maximum Gasteiger partial charge on any atom is 0.416 e. The van der Waals surface area contributed by atoms with Crippen molar-refractivity contribution in [2.24, 2.45) is 0 Å². The molecule has 0 spiro atoms. The molecule has 0 atom stereocenters. The predicted octanol–water partition coefficient (Wildman–Crippen LogP) is 5.71. The van der Waals surface area contributed by atoms with Gasteiger partial charge in [0.2, 0.25) is 0 Å². The first kappa shape index (κ1) is 29.7. The topological polar surface area (TPSA) is 96.7 Å². The van der Waals surface area contributed by atoms with Gasteiger partial charge in [0.1, 0.15) is 0 Å². The van der Waals surface area contributed by atoms with Crippen LogP contribution in [0.15, 0.2) is 41.3 Å². The molecular weight excluding hydrogens is 541 g/mol. The average Bonchev–Trinajstić information content (AvgIpc) is 3.12. The number of benzene rings is 2. The summed E-state index contributed by atoms with van der Waals surface area (Å²) in [5.41, 5.74) is 0.564. The van der Waals surface area contributed by atoms with Gasteiger partial charge in [-0.25, -0.2) is 0 Å². The largest absolute Gasteiger partial charge is 0.416 e. The molecule has 38 heavy (non-hydrogen) atoms. The van der Waals surface area contributed by atoms with E-state index in [0.717, 1.165) is 24.0 Å². The van der Waals surface area contributed by atoms with Crippen molar-refractivity contribution in [3.05, 3.63) is 68.6 Å². The van der Waals surface area contributed by atoms with Gasteiger partial charge in [0, 0.05) is 54.7 Å². The van der Waals surface area contributed by atoms with Crippen LogP contribution in [0, 0.1) is 5.41 Å². The first-order valence-corrected chi connectivity index (χ1v) is 13.0. The molecule has 7 nitrogen and oxygen atoms in total. The average molecular weight is 569 g/mol. The Labute approximate surface area is 228 Å². The minimum absolute atomic E-state index is 0.00519.